The molecule has 0 spiro atoms. The minimum absolute atomic E-state index is 0.719. The molecule has 0 aliphatic rings. The van der Waals surface area contributed by atoms with Crippen molar-refractivity contribution in [3.05, 3.63) is 158 Å². The Morgan fingerprint density at radius 1 is 0.310 bits per heavy atom. The van der Waals surface area contributed by atoms with Crippen molar-refractivity contribution in [2.45, 2.75) is 0 Å². The molecule has 0 aliphatic carbocycles. The first-order valence-electron chi connectivity index (χ1n) is 14.3. The number of hydrogen-bond donors (Lipinski definition) is 0. The highest BCUT2D eigenvalue weighted by Crippen LogP contribution is 2.42. The van der Waals surface area contributed by atoms with Crippen LogP contribution in [-0.2, 0) is 0 Å². The molecule has 0 fully saturated rings. The standard InChI is InChI=1S/C40H26N2/c1-3-14-27(15-4-1)37-26-38(42-40(41-37)28-16-5-2-6-17-28)33-22-11-9-21-32(33)36-25-13-24-35-31-19-8-7-18-29(31)30-20-10-12-23-34(30)39(35)36/h1-26H. The van der Waals surface area contributed by atoms with E-state index >= 15 is 0 Å². The van der Waals surface area contributed by atoms with Crippen molar-refractivity contribution in [1.29, 1.82) is 0 Å². The first-order chi connectivity index (χ1) is 20.8. The molecule has 0 saturated carbocycles. The van der Waals surface area contributed by atoms with Crippen molar-refractivity contribution < 1.29 is 0 Å². The van der Waals surface area contributed by atoms with Crippen molar-refractivity contribution in [3.63, 3.8) is 0 Å². The summed E-state index contributed by atoms with van der Waals surface area (Å²) in [6.45, 7) is 0. The summed E-state index contributed by atoms with van der Waals surface area (Å²) in [5.41, 5.74) is 7.31. The largest absolute Gasteiger partial charge is 0.228 e. The summed E-state index contributed by atoms with van der Waals surface area (Å²) < 4.78 is 0. The Morgan fingerprint density at radius 3 is 1.43 bits per heavy atom. The second kappa shape index (κ2) is 10.1. The minimum atomic E-state index is 0.719. The Kier molecular flexibility index (Phi) is 5.82. The third-order valence-corrected chi connectivity index (χ3v) is 8.09. The molecule has 0 unspecified atom stereocenters. The minimum Gasteiger partial charge on any atom is -0.228 e. The van der Waals surface area contributed by atoms with E-state index in [1.54, 1.807) is 0 Å². The summed E-state index contributed by atoms with van der Waals surface area (Å²) in [7, 11) is 0. The summed E-state index contributed by atoms with van der Waals surface area (Å²) in [4.78, 5) is 10.2. The van der Waals surface area contributed by atoms with Crippen LogP contribution in [0.5, 0.6) is 0 Å². The van der Waals surface area contributed by atoms with Crippen molar-refractivity contribution in [1.82, 2.24) is 9.97 Å². The van der Waals surface area contributed by atoms with Crippen molar-refractivity contribution >= 4 is 32.3 Å². The Labute approximate surface area is 244 Å². The predicted molar refractivity (Wildman–Crippen MR) is 176 cm³/mol. The van der Waals surface area contributed by atoms with Gasteiger partial charge in [0, 0.05) is 16.7 Å². The molecule has 1 aromatic heterocycles. The van der Waals surface area contributed by atoms with Crippen molar-refractivity contribution in [2.75, 3.05) is 0 Å². The van der Waals surface area contributed by atoms with Crippen LogP contribution >= 0.6 is 0 Å². The summed E-state index contributed by atoms with van der Waals surface area (Å²) >= 11 is 0. The van der Waals surface area contributed by atoms with Crippen LogP contribution in [-0.4, -0.2) is 9.97 Å². The molecule has 8 rings (SSSR count). The second-order valence-corrected chi connectivity index (χ2v) is 10.6. The Bertz CT molecular complexity index is 2130. The molecular formula is C40H26N2. The number of aromatic nitrogens is 2. The molecule has 0 bridgehead atoms. The van der Waals surface area contributed by atoms with Crippen LogP contribution in [0.1, 0.15) is 0 Å². The molecule has 8 aromatic rings. The highest BCUT2D eigenvalue weighted by atomic mass is 14.9. The molecule has 0 aliphatic heterocycles. The number of fused-ring (bicyclic) bond motifs is 6. The summed E-state index contributed by atoms with van der Waals surface area (Å²) in [6, 6.07) is 55.5. The van der Waals surface area contributed by atoms with Crippen molar-refractivity contribution in [2.24, 2.45) is 0 Å². The zero-order valence-electron chi connectivity index (χ0n) is 22.9. The van der Waals surface area contributed by atoms with E-state index in [4.69, 9.17) is 9.97 Å². The monoisotopic (exact) mass is 534 g/mol. The average molecular weight is 535 g/mol. The van der Waals surface area contributed by atoms with Gasteiger partial charge in [0.15, 0.2) is 5.82 Å². The van der Waals surface area contributed by atoms with Gasteiger partial charge in [-0.1, -0.05) is 152 Å². The van der Waals surface area contributed by atoms with Gasteiger partial charge in [0.25, 0.3) is 0 Å². The zero-order valence-corrected chi connectivity index (χ0v) is 22.9. The molecule has 0 N–H and O–H groups in total. The SMILES string of the molecule is c1ccc(-c2cc(-c3ccccc3-c3cccc4c5ccccc5c5ccccc5c34)nc(-c3ccccc3)n2)cc1. The third-order valence-electron chi connectivity index (χ3n) is 8.09. The van der Waals surface area contributed by atoms with Crippen LogP contribution in [0.4, 0.5) is 0 Å². The van der Waals surface area contributed by atoms with Gasteiger partial charge in [-0.2, -0.15) is 0 Å². The van der Waals surface area contributed by atoms with Gasteiger partial charge >= 0.3 is 0 Å². The highest BCUT2D eigenvalue weighted by Gasteiger charge is 2.17. The van der Waals surface area contributed by atoms with E-state index in [1.807, 2.05) is 24.3 Å². The Morgan fingerprint density at radius 2 is 0.762 bits per heavy atom. The van der Waals surface area contributed by atoms with Crippen LogP contribution in [0.15, 0.2) is 158 Å². The first-order valence-corrected chi connectivity index (χ1v) is 14.3. The van der Waals surface area contributed by atoms with Crippen LogP contribution in [0.25, 0.3) is 77.3 Å². The maximum absolute atomic E-state index is 5.17. The van der Waals surface area contributed by atoms with E-state index in [-0.39, 0.29) is 0 Å². The Hall–Kier alpha value is -5.60. The van der Waals surface area contributed by atoms with Crippen LogP contribution in [0.2, 0.25) is 0 Å². The molecule has 2 nitrogen and oxygen atoms in total. The van der Waals surface area contributed by atoms with E-state index in [0.717, 1.165) is 39.5 Å². The van der Waals surface area contributed by atoms with Crippen molar-refractivity contribution in [3.8, 4) is 45.0 Å². The molecule has 2 heteroatoms. The van der Waals surface area contributed by atoms with E-state index in [0.29, 0.717) is 0 Å². The molecule has 0 radical (unpaired) electrons. The first kappa shape index (κ1) is 24.2. The Balaban J connectivity index is 1.43. The molecule has 0 amide bonds. The second-order valence-electron chi connectivity index (χ2n) is 10.6. The molecule has 42 heavy (non-hydrogen) atoms. The number of rotatable bonds is 4. The molecular weight excluding hydrogens is 508 g/mol. The number of nitrogens with zero attached hydrogens (tertiary/aromatic N) is 2. The zero-order chi connectivity index (χ0) is 27.9. The summed E-state index contributed by atoms with van der Waals surface area (Å²) in [6.07, 6.45) is 0. The van der Waals surface area contributed by atoms with E-state index in [2.05, 4.69) is 133 Å². The fourth-order valence-electron chi connectivity index (χ4n) is 6.18. The molecule has 0 atom stereocenters. The fourth-order valence-corrected chi connectivity index (χ4v) is 6.18. The molecule has 196 valence electrons. The van der Waals surface area contributed by atoms with Crippen LogP contribution in [0.3, 0.4) is 0 Å². The predicted octanol–water partition coefficient (Wildman–Crippen LogP) is 10.6. The molecule has 7 aromatic carbocycles. The lowest BCUT2D eigenvalue weighted by Gasteiger charge is -2.17. The summed E-state index contributed by atoms with van der Waals surface area (Å²) in [5.74, 6) is 0.719. The lowest BCUT2D eigenvalue weighted by Crippen LogP contribution is -1.97. The maximum Gasteiger partial charge on any atom is 0.160 e. The van der Waals surface area contributed by atoms with Crippen LogP contribution < -0.4 is 0 Å². The molecule has 0 saturated heterocycles. The number of benzene rings is 7. The lowest BCUT2D eigenvalue weighted by atomic mass is 9.87. The van der Waals surface area contributed by atoms with Gasteiger partial charge in [0.2, 0.25) is 0 Å². The summed E-state index contributed by atoms with van der Waals surface area (Å²) in [5, 5.41) is 7.60. The molecule has 1 heterocycles. The lowest BCUT2D eigenvalue weighted by molar-refractivity contribution is 1.18. The normalized spacial score (nSPS) is 11.3. The third kappa shape index (κ3) is 4.05. The smallest absolute Gasteiger partial charge is 0.160 e. The van der Waals surface area contributed by atoms with E-state index in [1.165, 1.54) is 37.9 Å². The fraction of sp³-hybridized carbons (Fsp3) is 0. The van der Waals surface area contributed by atoms with Gasteiger partial charge in [-0.25, -0.2) is 9.97 Å². The number of hydrogen-bond acceptors (Lipinski definition) is 2. The van der Waals surface area contributed by atoms with Gasteiger partial charge in [-0.05, 0) is 49.5 Å². The average Bonchev–Trinajstić information content (AvgIpc) is 3.09. The van der Waals surface area contributed by atoms with Gasteiger partial charge in [-0.3, -0.25) is 0 Å². The highest BCUT2D eigenvalue weighted by molar-refractivity contribution is 6.28. The van der Waals surface area contributed by atoms with Gasteiger partial charge in [0.1, 0.15) is 0 Å². The topological polar surface area (TPSA) is 25.8 Å². The van der Waals surface area contributed by atoms with Crippen LogP contribution in [0, 0.1) is 0 Å². The van der Waals surface area contributed by atoms with E-state index < -0.39 is 0 Å². The maximum atomic E-state index is 5.17. The van der Waals surface area contributed by atoms with Gasteiger partial charge in [-0.15, -0.1) is 0 Å². The quantitative estimate of drug-likeness (QED) is 0.210. The van der Waals surface area contributed by atoms with E-state index in [9.17, 15) is 0 Å². The van der Waals surface area contributed by atoms with Gasteiger partial charge < -0.3 is 0 Å². The van der Waals surface area contributed by atoms with Gasteiger partial charge in [0.05, 0.1) is 11.4 Å².